The van der Waals surface area contributed by atoms with Crippen LogP contribution in [0.15, 0.2) is 0 Å². The minimum absolute atomic E-state index is 0.142. The number of fused-ring (bicyclic) bond motifs is 2. The smallest absolute Gasteiger partial charge is 0.142 e. The van der Waals surface area contributed by atoms with Gasteiger partial charge >= 0.3 is 0 Å². The Balaban J connectivity index is 2.31. The van der Waals surface area contributed by atoms with E-state index in [0.717, 1.165) is 34.9 Å². The lowest BCUT2D eigenvalue weighted by molar-refractivity contribution is 0.336. The van der Waals surface area contributed by atoms with Crippen LogP contribution in [-0.2, 0) is 18.4 Å². The molecule has 0 atom stereocenters. The van der Waals surface area contributed by atoms with Gasteiger partial charge in [-0.15, -0.1) is 0 Å². The molecular formula is C14H18ClNO2. The van der Waals surface area contributed by atoms with E-state index in [9.17, 15) is 0 Å². The Morgan fingerprint density at radius 2 is 1.67 bits per heavy atom. The molecule has 1 aromatic rings. The molecule has 0 aromatic heterocycles. The summed E-state index contributed by atoms with van der Waals surface area (Å²) >= 11 is 6.44. The molecule has 2 aliphatic rings. The highest BCUT2D eigenvalue weighted by Gasteiger charge is 2.36. The van der Waals surface area contributed by atoms with Crippen molar-refractivity contribution in [2.75, 3.05) is 20.3 Å². The van der Waals surface area contributed by atoms with E-state index in [1.54, 1.807) is 0 Å². The van der Waals surface area contributed by atoms with Crippen LogP contribution in [0.1, 0.15) is 30.5 Å². The molecule has 0 unspecified atom stereocenters. The van der Waals surface area contributed by atoms with E-state index in [4.69, 9.17) is 21.1 Å². The van der Waals surface area contributed by atoms with Gasteiger partial charge in [0.25, 0.3) is 0 Å². The maximum absolute atomic E-state index is 6.44. The van der Waals surface area contributed by atoms with Crippen LogP contribution in [0.4, 0.5) is 0 Å². The first-order valence-corrected chi connectivity index (χ1v) is 6.76. The first-order valence-electron chi connectivity index (χ1n) is 6.38. The van der Waals surface area contributed by atoms with E-state index in [1.165, 1.54) is 11.1 Å². The number of rotatable bonds is 2. The Labute approximate surface area is 112 Å². The van der Waals surface area contributed by atoms with E-state index in [-0.39, 0.29) is 5.54 Å². The maximum atomic E-state index is 6.44. The molecule has 3 nitrogen and oxygen atoms in total. The molecule has 1 N–H and O–H groups in total. The third-order valence-electron chi connectivity index (χ3n) is 3.99. The largest absolute Gasteiger partial charge is 0.493 e. The third kappa shape index (κ3) is 1.54. The Morgan fingerprint density at radius 1 is 1.06 bits per heavy atom. The molecular weight excluding hydrogens is 250 g/mol. The van der Waals surface area contributed by atoms with Crippen molar-refractivity contribution in [3.8, 4) is 11.5 Å². The second-order valence-electron chi connectivity index (χ2n) is 5.38. The first-order chi connectivity index (χ1) is 8.56. The summed E-state index contributed by atoms with van der Waals surface area (Å²) in [6.45, 7) is 5.75. The molecule has 0 amide bonds. The number of ether oxygens (including phenoxy) is 2. The van der Waals surface area contributed by atoms with Crippen LogP contribution in [0.25, 0.3) is 0 Å². The molecule has 18 heavy (non-hydrogen) atoms. The quantitative estimate of drug-likeness (QED) is 0.894. The van der Waals surface area contributed by atoms with Gasteiger partial charge in [-0.05, 0) is 20.9 Å². The average molecular weight is 268 g/mol. The van der Waals surface area contributed by atoms with Gasteiger partial charge in [-0.25, -0.2) is 0 Å². The summed E-state index contributed by atoms with van der Waals surface area (Å²) in [5.41, 5.74) is 3.39. The van der Waals surface area contributed by atoms with Gasteiger partial charge in [-0.3, -0.25) is 0 Å². The van der Waals surface area contributed by atoms with Gasteiger partial charge in [0.05, 0.1) is 18.2 Å². The van der Waals surface area contributed by atoms with Crippen molar-refractivity contribution in [2.24, 2.45) is 0 Å². The fraction of sp³-hybridized carbons (Fsp3) is 0.571. The molecule has 0 saturated heterocycles. The molecule has 1 aromatic carbocycles. The van der Waals surface area contributed by atoms with E-state index < -0.39 is 0 Å². The predicted molar refractivity (Wildman–Crippen MR) is 71.9 cm³/mol. The monoisotopic (exact) mass is 267 g/mol. The van der Waals surface area contributed by atoms with E-state index >= 15 is 0 Å². The number of hydrogen-bond acceptors (Lipinski definition) is 3. The molecule has 2 heterocycles. The van der Waals surface area contributed by atoms with Gasteiger partial charge in [-0.2, -0.15) is 0 Å². The topological polar surface area (TPSA) is 30.5 Å². The molecule has 3 rings (SSSR count). The van der Waals surface area contributed by atoms with Crippen LogP contribution in [0.3, 0.4) is 0 Å². The van der Waals surface area contributed by atoms with Crippen molar-refractivity contribution < 1.29 is 9.47 Å². The number of nitrogens with one attached hydrogen (secondary N) is 1. The average Bonchev–Trinajstić information content (AvgIpc) is 2.97. The van der Waals surface area contributed by atoms with Crippen LogP contribution in [-0.4, -0.2) is 20.3 Å². The summed E-state index contributed by atoms with van der Waals surface area (Å²) < 4.78 is 11.6. The Hall–Kier alpha value is -0.930. The first kappa shape index (κ1) is 12.1. The van der Waals surface area contributed by atoms with Crippen LogP contribution < -0.4 is 14.8 Å². The van der Waals surface area contributed by atoms with Crippen LogP contribution in [0, 0.1) is 0 Å². The summed E-state index contributed by atoms with van der Waals surface area (Å²) in [6.07, 6.45) is 1.78. The zero-order chi connectivity index (χ0) is 12.9. The summed E-state index contributed by atoms with van der Waals surface area (Å²) in [5.74, 6) is 1.85. The van der Waals surface area contributed by atoms with Gasteiger partial charge in [-0.1, -0.05) is 11.6 Å². The van der Waals surface area contributed by atoms with Crippen LogP contribution >= 0.6 is 11.6 Å². The van der Waals surface area contributed by atoms with E-state index in [1.807, 2.05) is 7.05 Å². The third-order valence-corrected chi connectivity index (χ3v) is 4.39. The van der Waals surface area contributed by atoms with Crippen LogP contribution in [0.2, 0.25) is 5.02 Å². The molecule has 0 saturated carbocycles. The molecule has 4 heteroatoms. The lowest BCUT2D eigenvalue weighted by atomic mass is 9.86. The van der Waals surface area contributed by atoms with E-state index in [0.29, 0.717) is 13.2 Å². The fourth-order valence-electron chi connectivity index (χ4n) is 2.84. The number of hydrogen-bond donors (Lipinski definition) is 1. The highest BCUT2D eigenvalue weighted by molar-refractivity contribution is 6.33. The summed E-state index contributed by atoms with van der Waals surface area (Å²) in [6, 6.07) is 0. The SMILES string of the molecule is CNC(C)(C)c1c2c(c(Cl)c3c1OCC3)OCC2. The Morgan fingerprint density at radius 3 is 2.33 bits per heavy atom. The molecule has 98 valence electrons. The second kappa shape index (κ2) is 4.04. The van der Waals surface area contributed by atoms with Crippen molar-refractivity contribution >= 4 is 11.6 Å². The van der Waals surface area contributed by atoms with Crippen molar-refractivity contribution in [1.82, 2.24) is 5.32 Å². The van der Waals surface area contributed by atoms with Crippen molar-refractivity contribution in [3.63, 3.8) is 0 Å². The lowest BCUT2D eigenvalue weighted by Crippen LogP contribution is -2.34. The van der Waals surface area contributed by atoms with Gasteiger partial charge in [0.15, 0.2) is 0 Å². The second-order valence-corrected chi connectivity index (χ2v) is 5.75. The zero-order valence-electron chi connectivity index (χ0n) is 11.0. The highest BCUT2D eigenvalue weighted by Crippen LogP contribution is 2.50. The minimum atomic E-state index is -0.142. The Bertz CT molecular complexity index is 476. The van der Waals surface area contributed by atoms with Gasteiger partial charge < -0.3 is 14.8 Å². The summed E-state index contributed by atoms with van der Waals surface area (Å²) in [5, 5.41) is 4.11. The standard InChI is InChI=1S/C14H18ClNO2/c1-14(2,16-3)10-8-4-6-18-13(8)11(15)9-5-7-17-12(9)10/h16H,4-7H2,1-3H3. The molecule has 2 aliphatic heterocycles. The molecule has 0 aliphatic carbocycles. The number of benzene rings is 1. The summed E-state index contributed by atoms with van der Waals surface area (Å²) in [7, 11) is 1.97. The fourth-order valence-corrected chi connectivity index (χ4v) is 3.19. The molecule has 0 bridgehead atoms. The van der Waals surface area contributed by atoms with Crippen LogP contribution in [0.5, 0.6) is 11.5 Å². The molecule has 0 radical (unpaired) electrons. The number of halogens is 1. The minimum Gasteiger partial charge on any atom is -0.493 e. The van der Waals surface area contributed by atoms with E-state index in [2.05, 4.69) is 19.2 Å². The van der Waals surface area contributed by atoms with Gasteiger partial charge in [0, 0.05) is 35.1 Å². The van der Waals surface area contributed by atoms with Crippen molar-refractivity contribution in [2.45, 2.75) is 32.2 Å². The maximum Gasteiger partial charge on any atom is 0.142 e. The van der Waals surface area contributed by atoms with Crippen molar-refractivity contribution in [1.29, 1.82) is 0 Å². The Kier molecular flexibility index (Phi) is 2.72. The van der Waals surface area contributed by atoms with Gasteiger partial charge in [0.1, 0.15) is 11.5 Å². The predicted octanol–water partition coefficient (Wildman–Crippen LogP) is 2.66. The molecule has 0 fully saturated rings. The zero-order valence-corrected chi connectivity index (χ0v) is 11.8. The van der Waals surface area contributed by atoms with Crippen molar-refractivity contribution in [3.05, 3.63) is 21.7 Å². The normalized spacial score (nSPS) is 17.1. The highest BCUT2D eigenvalue weighted by atomic mass is 35.5. The van der Waals surface area contributed by atoms with Gasteiger partial charge in [0.2, 0.25) is 0 Å². The molecule has 0 spiro atoms. The summed E-state index contributed by atoms with van der Waals surface area (Å²) in [4.78, 5) is 0. The lowest BCUT2D eigenvalue weighted by Gasteiger charge is -2.29.